The number of carbonyl (C=O) groups excluding carboxylic acids is 2. The Hall–Kier alpha value is -3.85. The monoisotopic (exact) mass is 665 g/mol. The van der Waals surface area contributed by atoms with Crippen molar-refractivity contribution in [3.63, 3.8) is 0 Å². The quantitative estimate of drug-likeness (QED) is 0.166. The summed E-state index contributed by atoms with van der Waals surface area (Å²) in [6.07, 6.45) is 0.940. The van der Waals surface area contributed by atoms with E-state index >= 15 is 0 Å². The second-order valence-electron chi connectivity index (χ2n) is 11.0. The Bertz CT molecular complexity index is 1700. The van der Waals surface area contributed by atoms with Crippen molar-refractivity contribution in [1.29, 1.82) is 0 Å². The molecule has 0 saturated carbocycles. The first-order valence-electron chi connectivity index (χ1n) is 14.7. The molecular formula is C35H37Cl2N3O4S. The third-order valence-electron chi connectivity index (χ3n) is 7.55. The summed E-state index contributed by atoms with van der Waals surface area (Å²) < 4.78 is 29.3. The highest BCUT2D eigenvalue weighted by Gasteiger charge is 2.35. The van der Waals surface area contributed by atoms with Crippen molar-refractivity contribution in [3.8, 4) is 0 Å². The Morgan fingerprint density at radius 3 is 2.00 bits per heavy atom. The average Bonchev–Trinajstić information content (AvgIpc) is 3.03. The first-order valence-corrected chi connectivity index (χ1v) is 16.9. The number of nitrogens with zero attached hydrogens (tertiary/aromatic N) is 2. The van der Waals surface area contributed by atoms with E-state index in [4.69, 9.17) is 23.2 Å². The molecule has 0 heterocycles. The second kappa shape index (κ2) is 15.4. The van der Waals surface area contributed by atoms with Gasteiger partial charge in [-0.2, -0.15) is 0 Å². The van der Waals surface area contributed by atoms with Gasteiger partial charge in [-0.1, -0.05) is 108 Å². The van der Waals surface area contributed by atoms with Crippen molar-refractivity contribution >= 4 is 50.7 Å². The van der Waals surface area contributed by atoms with E-state index in [0.29, 0.717) is 6.42 Å². The van der Waals surface area contributed by atoms with Crippen molar-refractivity contribution in [2.24, 2.45) is 0 Å². The maximum Gasteiger partial charge on any atom is 0.264 e. The lowest BCUT2D eigenvalue weighted by Crippen LogP contribution is -2.54. The predicted molar refractivity (Wildman–Crippen MR) is 181 cm³/mol. The van der Waals surface area contributed by atoms with E-state index in [-0.39, 0.29) is 45.5 Å². The van der Waals surface area contributed by atoms with Crippen LogP contribution in [0.15, 0.2) is 108 Å². The number of sulfonamides is 1. The third-order valence-corrected chi connectivity index (χ3v) is 10.1. The minimum atomic E-state index is -4.25. The Morgan fingerprint density at radius 2 is 1.42 bits per heavy atom. The lowest BCUT2D eigenvalue weighted by atomic mass is 10.0. The van der Waals surface area contributed by atoms with Gasteiger partial charge < -0.3 is 10.2 Å². The molecule has 236 valence electrons. The van der Waals surface area contributed by atoms with Crippen LogP contribution in [0.1, 0.15) is 37.0 Å². The molecule has 0 spiro atoms. The number of halogens is 2. The molecule has 4 aromatic carbocycles. The normalized spacial score (nSPS) is 12.6. The third kappa shape index (κ3) is 8.87. The van der Waals surface area contributed by atoms with Gasteiger partial charge in [0.05, 0.1) is 20.6 Å². The fourth-order valence-electron chi connectivity index (χ4n) is 4.78. The number of anilines is 1. The number of aryl methyl sites for hydroxylation is 1. The van der Waals surface area contributed by atoms with Crippen molar-refractivity contribution in [2.75, 3.05) is 10.8 Å². The minimum absolute atomic E-state index is 0.0110. The first-order chi connectivity index (χ1) is 21.5. The van der Waals surface area contributed by atoms with Gasteiger partial charge in [0, 0.05) is 19.0 Å². The summed E-state index contributed by atoms with van der Waals surface area (Å²) in [4.78, 5) is 29.8. The number of nitrogens with one attached hydrogen (secondary N) is 1. The topological polar surface area (TPSA) is 86.8 Å². The van der Waals surface area contributed by atoms with Crippen LogP contribution in [0, 0.1) is 6.92 Å². The average molecular weight is 667 g/mol. The lowest BCUT2D eigenvalue weighted by molar-refractivity contribution is -0.140. The van der Waals surface area contributed by atoms with Crippen molar-refractivity contribution in [3.05, 3.63) is 130 Å². The van der Waals surface area contributed by atoms with Crippen LogP contribution in [0.4, 0.5) is 5.69 Å². The van der Waals surface area contributed by atoms with Gasteiger partial charge in [0.2, 0.25) is 11.8 Å². The number of amides is 2. The zero-order valence-corrected chi connectivity index (χ0v) is 27.8. The predicted octanol–water partition coefficient (Wildman–Crippen LogP) is 7.05. The Morgan fingerprint density at radius 1 is 0.822 bits per heavy atom. The summed E-state index contributed by atoms with van der Waals surface area (Å²) in [7, 11) is -4.25. The van der Waals surface area contributed by atoms with Crippen molar-refractivity contribution < 1.29 is 18.0 Å². The van der Waals surface area contributed by atoms with Gasteiger partial charge in [0.1, 0.15) is 12.6 Å². The number of carbonyl (C=O) groups is 2. The van der Waals surface area contributed by atoms with E-state index in [9.17, 15) is 18.0 Å². The highest BCUT2D eigenvalue weighted by Crippen LogP contribution is 2.31. The van der Waals surface area contributed by atoms with Gasteiger partial charge in [-0.05, 0) is 61.7 Å². The lowest BCUT2D eigenvalue weighted by Gasteiger charge is -2.34. The highest BCUT2D eigenvalue weighted by molar-refractivity contribution is 7.92. The molecule has 4 rings (SSSR count). The van der Waals surface area contributed by atoms with E-state index < -0.39 is 28.5 Å². The maximum absolute atomic E-state index is 14.5. The maximum atomic E-state index is 14.5. The zero-order chi connectivity index (χ0) is 32.6. The molecular weight excluding hydrogens is 629 g/mol. The van der Waals surface area contributed by atoms with Crippen LogP contribution in [-0.4, -0.2) is 43.8 Å². The molecule has 4 aromatic rings. The van der Waals surface area contributed by atoms with Gasteiger partial charge >= 0.3 is 0 Å². The van der Waals surface area contributed by atoms with Gasteiger partial charge in [-0.25, -0.2) is 8.42 Å². The number of hydrogen-bond acceptors (Lipinski definition) is 4. The molecule has 0 fully saturated rings. The fourth-order valence-corrected chi connectivity index (χ4v) is 6.48. The molecule has 0 aliphatic heterocycles. The Kier molecular flexibility index (Phi) is 11.7. The molecule has 2 atom stereocenters. The largest absolute Gasteiger partial charge is 0.352 e. The summed E-state index contributed by atoms with van der Waals surface area (Å²) in [6.45, 7) is 5.24. The smallest absolute Gasteiger partial charge is 0.264 e. The van der Waals surface area contributed by atoms with Gasteiger partial charge in [0.15, 0.2) is 0 Å². The van der Waals surface area contributed by atoms with Crippen LogP contribution in [0.2, 0.25) is 10.0 Å². The van der Waals surface area contributed by atoms with Gasteiger partial charge in [-0.3, -0.25) is 13.9 Å². The first kappa shape index (κ1) is 34.0. The molecule has 0 aromatic heterocycles. The molecule has 0 aliphatic carbocycles. The zero-order valence-electron chi connectivity index (χ0n) is 25.5. The molecule has 10 heteroatoms. The van der Waals surface area contributed by atoms with E-state index in [0.717, 1.165) is 21.0 Å². The Balaban J connectivity index is 1.81. The molecule has 2 amide bonds. The second-order valence-corrected chi connectivity index (χ2v) is 13.6. The number of benzene rings is 4. The molecule has 0 saturated heterocycles. The van der Waals surface area contributed by atoms with Crippen molar-refractivity contribution in [2.45, 2.75) is 57.1 Å². The molecule has 7 nitrogen and oxygen atoms in total. The van der Waals surface area contributed by atoms with Crippen LogP contribution >= 0.6 is 23.2 Å². The standard InChI is InChI=1S/C35H37Cl2N3O4S/c1-4-26(3)38-35(42)33(21-27-11-7-5-8-12-27)39(23-28-13-9-6-10-14-28)34(41)24-40(29-17-20-31(36)32(37)22-29)45(43,44)30-18-15-25(2)16-19-30/h5-20,22,26,33H,4,21,23-24H2,1-3H3,(H,38,42)/t26-,33+/m0/s1. The van der Waals surface area contributed by atoms with Crippen LogP contribution in [0.25, 0.3) is 0 Å². The molecule has 45 heavy (non-hydrogen) atoms. The number of rotatable bonds is 13. The van der Waals surface area contributed by atoms with Crippen LogP contribution in [0.5, 0.6) is 0 Å². The highest BCUT2D eigenvalue weighted by atomic mass is 35.5. The van der Waals surface area contributed by atoms with E-state index in [1.807, 2.05) is 81.4 Å². The Labute approximate surface area is 275 Å². The van der Waals surface area contributed by atoms with Crippen LogP contribution < -0.4 is 9.62 Å². The minimum Gasteiger partial charge on any atom is -0.352 e. The summed E-state index contributed by atoms with van der Waals surface area (Å²) in [5.41, 5.74) is 2.71. The van der Waals surface area contributed by atoms with Gasteiger partial charge in [-0.15, -0.1) is 0 Å². The van der Waals surface area contributed by atoms with E-state index in [1.165, 1.54) is 35.2 Å². The molecule has 0 aliphatic rings. The van der Waals surface area contributed by atoms with Crippen LogP contribution in [0.3, 0.4) is 0 Å². The number of hydrogen-bond donors (Lipinski definition) is 1. The van der Waals surface area contributed by atoms with Gasteiger partial charge in [0.25, 0.3) is 10.0 Å². The van der Waals surface area contributed by atoms with Crippen molar-refractivity contribution in [1.82, 2.24) is 10.2 Å². The molecule has 0 radical (unpaired) electrons. The van der Waals surface area contributed by atoms with E-state index in [2.05, 4.69) is 5.32 Å². The summed E-state index contributed by atoms with van der Waals surface area (Å²) in [5, 5.41) is 3.42. The van der Waals surface area contributed by atoms with E-state index in [1.54, 1.807) is 12.1 Å². The summed E-state index contributed by atoms with van der Waals surface area (Å²) in [5.74, 6) is -0.874. The summed E-state index contributed by atoms with van der Waals surface area (Å²) in [6, 6.07) is 28.5. The molecule has 1 N–H and O–H groups in total. The fraction of sp³-hybridized carbons (Fsp3) is 0.257. The summed E-state index contributed by atoms with van der Waals surface area (Å²) >= 11 is 12.5. The SMILES string of the molecule is CC[C@H](C)NC(=O)[C@@H](Cc1ccccc1)N(Cc1ccccc1)C(=O)CN(c1ccc(Cl)c(Cl)c1)S(=O)(=O)c1ccc(C)cc1. The molecule has 0 unspecified atom stereocenters. The van der Waals surface area contributed by atoms with Crippen LogP contribution in [-0.2, 0) is 32.6 Å². The molecule has 0 bridgehead atoms.